The summed E-state index contributed by atoms with van der Waals surface area (Å²) in [7, 11) is -3.55. The Morgan fingerprint density at radius 2 is 2.35 bits per heavy atom. The first-order chi connectivity index (χ1) is 9.38. The number of nitrogens with zero attached hydrogens (tertiary/aromatic N) is 1. The van der Waals surface area contributed by atoms with Gasteiger partial charge in [-0.3, -0.25) is 4.79 Å². The number of aromatic nitrogens is 1. The molecule has 2 unspecified atom stereocenters. The number of ether oxygens (including phenoxy) is 1. The van der Waals surface area contributed by atoms with Gasteiger partial charge in [0.2, 0.25) is 5.91 Å². The molecule has 1 saturated heterocycles. The Kier molecular flexibility index (Phi) is 4.44. The van der Waals surface area contributed by atoms with Crippen LogP contribution in [0.25, 0.3) is 0 Å². The molecule has 1 aromatic heterocycles. The quantitative estimate of drug-likeness (QED) is 0.868. The van der Waals surface area contributed by atoms with Crippen molar-refractivity contribution in [2.24, 2.45) is 0 Å². The third kappa shape index (κ3) is 3.57. The minimum atomic E-state index is -3.55. The maximum Gasteiger partial charge on any atom is 0.243 e. The van der Waals surface area contributed by atoms with E-state index in [4.69, 9.17) is 9.26 Å². The first-order valence-corrected chi connectivity index (χ1v) is 8.17. The molecule has 0 aromatic carbocycles. The highest BCUT2D eigenvalue weighted by atomic mass is 32.2. The van der Waals surface area contributed by atoms with Crippen LogP contribution in [-0.2, 0) is 19.4 Å². The van der Waals surface area contributed by atoms with E-state index in [1.807, 2.05) is 0 Å². The summed E-state index contributed by atoms with van der Waals surface area (Å²) in [4.78, 5) is 11.9. The summed E-state index contributed by atoms with van der Waals surface area (Å²) in [5.74, 6) is 0.0116. The lowest BCUT2D eigenvalue weighted by atomic mass is 10.3. The van der Waals surface area contributed by atoms with Crippen molar-refractivity contribution in [3.63, 3.8) is 0 Å². The number of nitrogens with one attached hydrogen (secondary N) is 1. The minimum Gasteiger partial charge on any atom is -0.377 e. The third-order valence-corrected chi connectivity index (χ3v) is 5.36. The van der Waals surface area contributed by atoms with Crippen molar-refractivity contribution < 1.29 is 22.5 Å². The molecule has 7 nitrogen and oxygen atoms in total. The van der Waals surface area contributed by atoms with Gasteiger partial charge in [-0.15, -0.1) is 0 Å². The zero-order chi connectivity index (χ0) is 14.8. The fourth-order valence-electron chi connectivity index (χ4n) is 2.00. The summed E-state index contributed by atoms with van der Waals surface area (Å²) in [6, 6.07) is 1.53. The van der Waals surface area contributed by atoms with Gasteiger partial charge in [0, 0.05) is 12.7 Å². The van der Waals surface area contributed by atoms with E-state index in [0.717, 1.165) is 12.8 Å². The van der Waals surface area contributed by atoms with Crippen molar-refractivity contribution in [1.82, 2.24) is 5.16 Å². The van der Waals surface area contributed by atoms with Gasteiger partial charge in [0.05, 0.1) is 11.9 Å². The number of carbonyl (C=O) groups excluding carboxylic acids is 1. The van der Waals surface area contributed by atoms with Crippen LogP contribution in [0, 0.1) is 6.92 Å². The highest BCUT2D eigenvalue weighted by molar-refractivity contribution is 7.92. The lowest BCUT2D eigenvalue weighted by molar-refractivity contribution is -0.115. The maximum absolute atomic E-state index is 12.1. The molecule has 0 radical (unpaired) electrons. The lowest BCUT2D eigenvalue weighted by Gasteiger charge is -2.15. The van der Waals surface area contributed by atoms with Crippen molar-refractivity contribution >= 4 is 21.6 Å². The van der Waals surface area contributed by atoms with E-state index in [2.05, 4.69) is 10.5 Å². The number of amides is 1. The van der Waals surface area contributed by atoms with Crippen molar-refractivity contribution in [2.75, 3.05) is 17.7 Å². The standard InChI is InChI=1S/C12H18N2O5S/c1-8-6-11(14-19-8)13-12(15)9(2)20(16,17)7-10-4-3-5-18-10/h6,9-10H,3-5,7H2,1-2H3,(H,13,14,15). The summed E-state index contributed by atoms with van der Waals surface area (Å²) in [5.41, 5.74) is 0. The van der Waals surface area contributed by atoms with Gasteiger partial charge in [0.25, 0.3) is 0 Å². The zero-order valence-corrected chi connectivity index (χ0v) is 12.3. The molecule has 1 aliphatic heterocycles. The molecule has 8 heteroatoms. The molecule has 0 bridgehead atoms. The SMILES string of the molecule is Cc1cc(NC(=O)C(C)S(=O)(=O)CC2CCCO2)no1. The van der Waals surface area contributed by atoms with Crippen LogP contribution >= 0.6 is 0 Å². The van der Waals surface area contributed by atoms with E-state index in [1.54, 1.807) is 6.92 Å². The van der Waals surface area contributed by atoms with E-state index in [1.165, 1.54) is 13.0 Å². The topological polar surface area (TPSA) is 98.5 Å². The fraction of sp³-hybridized carbons (Fsp3) is 0.667. The predicted octanol–water partition coefficient (Wildman–Crippen LogP) is 0.904. The largest absolute Gasteiger partial charge is 0.377 e. The van der Waals surface area contributed by atoms with Gasteiger partial charge in [0.15, 0.2) is 15.7 Å². The van der Waals surface area contributed by atoms with Crippen LogP contribution in [0.1, 0.15) is 25.5 Å². The Morgan fingerprint density at radius 1 is 1.60 bits per heavy atom. The molecule has 2 rings (SSSR count). The summed E-state index contributed by atoms with van der Waals surface area (Å²) >= 11 is 0. The van der Waals surface area contributed by atoms with Crippen LogP contribution in [0.3, 0.4) is 0 Å². The Balaban J connectivity index is 1.97. The minimum absolute atomic E-state index is 0.126. The van der Waals surface area contributed by atoms with Crippen LogP contribution in [-0.4, -0.2) is 43.2 Å². The van der Waals surface area contributed by atoms with Crippen molar-refractivity contribution in [3.05, 3.63) is 11.8 Å². The van der Waals surface area contributed by atoms with Crippen LogP contribution in [0.4, 0.5) is 5.82 Å². The Morgan fingerprint density at radius 3 is 2.90 bits per heavy atom. The van der Waals surface area contributed by atoms with Crippen LogP contribution in [0.15, 0.2) is 10.6 Å². The van der Waals surface area contributed by atoms with Gasteiger partial charge in [-0.1, -0.05) is 5.16 Å². The molecule has 1 fully saturated rings. The zero-order valence-electron chi connectivity index (χ0n) is 11.5. The predicted molar refractivity (Wildman–Crippen MR) is 72.1 cm³/mol. The number of sulfone groups is 1. The molecule has 1 N–H and O–H groups in total. The first-order valence-electron chi connectivity index (χ1n) is 6.46. The van der Waals surface area contributed by atoms with E-state index in [-0.39, 0.29) is 17.7 Å². The molecule has 1 aromatic rings. The fourth-order valence-corrected chi connectivity index (χ4v) is 3.45. The number of aryl methyl sites for hydroxylation is 1. The van der Waals surface area contributed by atoms with E-state index < -0.39 is 21.0 Å². The van der Waals surface area contributed by atoms with Crippen LogP contribution in [0.5, 0.6) is 0 Å². The maximum atomic E-state index is 12.1. The molecule has 1 amide bonds. The Bertz CT molecular complexity index is 574. The van der Waals surface area contributed by atoms with Crippen molar-refractivity contribution in [3.8, 4) is 0 Å². The summed E-state index contributed by atoms with van der Waals surface area (Å²) in [6.07, 6.45) is 1.28. The monoisotopic (exact) mass is 302 g/mol. The molecule has 2 heterocycles. The van der Waals surface area contributed by atoms with E-state index in [0.29, 0.717) is 12.4 Å². The molecular weight excluding hydrogens is 284 g/mol. The average Bonchev–Trinajstić information content (AvgIpc) is 3.00. The van der Waals surface area contributed by atoms with Gasteiger partial charge in [-0.2, -0.15) is 0 Å². The lowest BCUT2D eigenvalue weighted by Crippen LogP contribution is -2.37. The van der Waals surface area contributed by atoms with Gasteiger partial charge >= 0.3 is 0 Å². The average molecular weight is 302 g/mol. The molecule has 0 saturated carbocycles. The second-order valence-electron chi connectivity index (χ2n) is 4.92. The van der Waals surface area contributed by atoms with Gasteiger partial charge in [-0.25, -0.2) is 8.42 Å². The third-order valence-electron chi connectivity index (χ3n) is 3.23. The second-order valence-corrected chi connectivity index (χ2v) is 7.28. The summed E-state index contributed by atoms with van der Waals surface area (Å²) < 4.78 is 34.4. The molecule has 2 atom stereocenters. The molecule has 1 aliphatic rings. The number of anilines is 1. The first kappa shape index (κ1) is 15.0. The molecule has 112 valence electrons. The summed E-state index contributed by atoms with van der Waals surface area (Å²) in [6.45, 7) is 3.63. The summed E-state index contributed by atoms with van der Waals surface area (Å²) in [5, 5.41) is 4.88. The Hall–Kier alpha value is -1.41. The van der Waals surface area contributed by atoms with Crippen LogP contribution < -0.4 is 5.32 Å². The van der Waals surface area contributed by atoms with Gasteiger partial charge in [0.1, 0.15) is 11.0 Å². The highest BCUT2D eigenvalue weighted by Gasteiger charge is 2.32. The van der Waals surface area contributed by atoms with Crippen LogP contribution in [0.2, 0.25) is 0 Å². The smallest absolute Gasteiger partial charge is 0.243 e. The molecular formula is C12H18N2O5S. The van der Waals surface area contributed by atoms with Crippen molar-refractivity contribution in [1.29, 1.82) is 0 Å². The van der Waals surface area contributed by atoms with E-state index >= 15 is 0 Å². The number of rotatable bonds is 5. The van der Waals surface area contributed by atoms with Crippen molar-refractivity contribution in [2.45, 2.75) is 38.0 Å². The molecule has 0 aliphatic carbocycles. The number of hydrogen-bond donors (Lipinski definition) is 1. The highest BCUT2D eigenvalue weighted by Crippen LogP contribution is 2.17. The second kappa shape index (κ2) is 5.92. The van der Waals surface area contributed by atoms with E-state index in [9.17, 15) is 13.2 Å². The normalized spacial score (nSPS) is 20.8. The number of hydrogen-bond acceptors (Lipinski definition) is 6. The molecule has 20 heavy (non-hydrogen) atoms. The van der Waals surface area contributed by atoms with Gasteiger partial charge in [-0.05, 0) is 26.7 Å². The Labute approximate surface area is 117 Å². The molecule has 0 spiro atoms. The van der Waals surface area contributed by atoms with Gasteiger partial charge < -0.3 is 14.6 Å². The number of carbonyl (C=O) groups is 1.